The van der Waals surface area contributed by atoms with Crippen LogP contribution >= 0.6 is 0 Å². The van der Waals surface area contributed by atoms with Crippen molar-refractivity contribution in [3.63, 3.8) is 0 Å². The van der Waals surface area contributed by atoms with Gasteiger partial charge in [-0.1, -0.05) is 38.1 Å². The Morgan fingerprint density at radius 3 is 2.44 bits per heavy atom. The summed E-state index contributed by atoms with van der Waals surface area (Å²) in [6.07, 6.45) is 1.50. The normalized spacial score (nSPS) is 10.7. The van der Waals surface area contributed by atoms with E-state index in [4.69, 9.17) is 4.74 Å². The molecule has 0 amide bonds. The van der Waals surface area contributed by atoms with Gasteiger partial charge in [-0.05, 0) is 30.6 Å². The number of carbonyl (C=O) groups is 1. The highest BCUT2D eigenvalue weighted by Crippen LogP contribution is 2.13. The summed E-state index contributed by atoms with van der Waals surface area (Å²) in [6.45, 7) is 7.36. The van der Waals surface area contributed by atoms with E-state index in [1.807, 2.05) is 18.2 Å². The molecule has 0 aliphatic carbocycles. The molecule has 0 spiro atoms. The lowest BCUT2D eigenvalue weighted by atomic mass is 10.0. The molecule has 100 valence electrons. The summed E-state index contributed by atoms with van der Waals surface area (Å²) in [5.41, 5.74) is 2.29. The number of hydrogen-bond acceptors (Lipinski definition) is 3. The largest absolute Gasteiger partial charge is 0.469 e. The van der Waals surface area contributed by atoms with Crippen LogP contribution < -0.4 is 0 Å². The summed E-state index contributed by atoms with van der Waals surface area (Å²) in [4.78, 5) is 13.8. The number of nitrogens with zero attached hydrogens (tertiary/aromatic N) is 1. The van der Waals surface area contributed by atoms with Crippen molar-refractivity contribution >= 4 is 5.97 Å². The number of carbonyl (C=O) groups excluding carboxylic acids is 1. The van der Waals surface area contributed by atoms with Gasteiger partial charge in [0.15, 0.2) is 0 Å². The van der Waals surface area contributed by atoms with E-state index in [1.165, 1.54) is 12.7 Å². The van der Waals surface area contributed by atoms with Gasteiger partial charge in [-0.2, -0.15) is 0 Å². The highest BCUT2D eigenvalue weighted by molar-refractivity contribution is 5.72. The first-order chi connectivity index (χ1) is 8.71. The minimum Gasteiger partial charge on any atom is -0.469 e. The highest BCUT2D eigenvalue weighted by atomic mass is 16.5. The van der Waals surface area contributed by atoms with Gasteiger partial charge >= 0.3 is 5.97 Å². The first-order valence-corrected chi connectivity index (χ1v) is 6.57. The fraction of sp³-hybridized carbons (Fsp3) is 0.533. The molecule has 0 bridgehead atoms. The molecule has 0 unspecified atom stereocenters. The Bertz CT molecular complexity index is 377. The maximum Gasteiger partial charge on any atom is 0.309 e. The summed E-state index contributed by atoms with van der Waals surface area (Å²) in [5.74, 6) is -0.180. The Balaban J connectivity index is 2.77. The van der Waals surface area contributed by atoms with Crippen LogP contribution in [0.5, 0.6) is 0 Å². The smallest absolute Gasteiger partial charge is 0.309 e. The summed E-state index contributed by atoms with van der Waals surface area (Å²) >= 11 is 0. The van der Waals surface area contributed by atoms with Gasteiger partial charge in [-0.3, -0.25) is 9.69 Å². The van der Waals surface area contributed by atoms with Crippen molar-refractivity contribution in [3.8, 4) is 0 Å². The van der Waals surface area contributed by atoms with Crippen LogP contribution in [0, 0.1) is 0 Å². The van der Waals surface area contributed by atoms with Crippen molar-refractivity contribution in [3.05, 3.63) is 35.4 Å². The van der Waals surface area contributed by atoms with Gasteiger partial charge < -0.3 is 4.74 Å². The standard InChI is InChI=1S/C15H23NO2/c1-4-10-16(5-2)12-14-9-7-6-8-13(14)11-15(17)18-3/h6-9H,4-5,10-12H2,1-3H3. The van der Waals surface area contributed by atoms with Crippen molar-refractivity contribution < 1.29 is 9.53 Å². The number of esters is 1. The second-order valence-corrected chi connectivity index (χ2v) is 4.39. The average molecular weight is 249 g/mol. The first kappa shape index (κ1) is 14.7. The van der Waals surface area contributed by atoms with Crippen LogP contribution in [0.2, 0.25) is 0 Å². The molecule has 0 saturated carbocycles. The predicted octanol–water partition coefficient (Wildman–Crippen LogP) is 2.63. The predicted molar refractivity (Wildman–Crippen MR) is 73.4 cm³/mol. The van der Waals surface area contributed by atoms with Crippen LogP contribution in [0.4, 0.5) is 0 Å². The zero-order chi connectivity index (χ0) is 13.4. The van der Waals surface area contributed by atoms with E-state index >= 15 is 0 Å². The van der Waals surface area contributed by atoms with Crippen molar-refractivity contribution in [2.45, 2.75) is 33.2 Å². The summed E-state index contributed by atoms with van der Waals surface area (Å²) in [6, 6.07) is 8.09. The van der Waals surface area contributed by atoms with Crippen LogP contribution in [0.1, 0.15) is 31.4 Å². The fourth-order valence-electron chi connectivity index (χ4n) is 2.02. The highest BCUT2D eigenvalue weighted by Gasteiger charge is 2.10. The van der Waals surface area contributed by atoms with Crippen LogP contribution in [0.25, 0.3) is 0 Å². The Kier molecular flexibility index (Phi) is 6.44. The molecule has 3 heteroatoms. The van der Waals surface area contributed by atoms with Gasteiger partial charge in [0, 0.05) is 6.54 Å². The molecule has 0 aliphatic heterocycles. The molecule has 0 saturated heterocycles. The molecule has 0 atom stereocenters. The van der Waals surface area contributed by atoms with E-state index in [0.29, 0.717) is 6.42 Å². The van der Waals surface area contributed by atoms with E-state index in [1.54, 1.807) is 0 Å². The Morgan fingerprint density at radius 1 is 1.22 bits per heavy atom. The minimum absolute atomic E-state index is 0.180. The fourth-order valence-corrected chi connectivity index (χ4v) is 2.02. The Labute approximate surface area is 110 Å². The van der Waals surface area contributed by atoms with Crippen molar-refractivity contribution in [1.82, 2.24) is 4.90 Å². The lowest BCUT2D eigenvalue weighted by Gasteiger charge is -2.21. The number of benzene rings is 1. The van der Waals surface area contributed by atoms with Gasteiger partial charge in [0.1, 0.15) is 0 Å². The third-order valence-electron chi connectivity index (χ3n) is 3.06. The van der Waals surface area contributed by atoms with Crippen molar-refractivity contribution in [2.75, 3.05) is 20.2 Å². The molecular weight excluding hydrogens is 226 g/mol. The molecule has 0 heterocycles. The molecule has 3 nitrogen and oxygen atoms in total. The van der Waals surface area contributed by atoms with Crippen molar-refractivity contribution in [1.29, 1.82) is 0 Å². The summed E-state index contributed by atoms with van der Waals surface area (Å²) in [7, 11) is 1.43. The molecule has 0 N–H and O–H groups in total. The van der Waals surface area contributed by atoms with Gasteiger partial charge in [-0.25, -0.2) is 0 Å². The summed E-state index contributed by atoms with van der Waals surface area (Å²) in [5, 5.41) is 0. The molecule has 18 heavy (non-hydrogen) atoms. The molecule has 0 aliphatic rings. The molecule has 1 aromatic rings. The van der Waals surface area contributed by atoms with Gasteiger partial charge in [0.05, 0.1) is 13.5 Å². The third kappa shape index (κ3) is 4.49. The molecule has 1 aromatic carbocycles. The zero-order valence-electron chi connectivity index (χ0n) is 11.6. The van der Waals surface area contributed by atoms with Crippen LogP contribution in [-0.4, -0.2) is 31.1 Å². The van der Waals surface area contributed by atoms with E-state index < -0.39 is 0 Å². The van der Waals surface area contributed by atoms with Crippen LogP contribution in [0.3, 0.4) is 0 Å². The maximum atomic E-state index is 11.4. The third-order valence-corrected chi connectivity index (χ3v) is 3.06. The van der Waals surface area contributed by atoms with Crippen LogP contribution in [-0.2, 0) is 22.5 Å². The minimum atomic E-state index is -0.180. The van der Waals surface area contributed by atoms with Crippen molar-refractivity contribution in [2.24, 2.45) is 0 Å². The zero-order valence-corrected chi connectivity index (χ0v) is 11.6. The Morgan fingerprint density at radius 2 is 1.89 bits per heavy atom. The molecule has 1 rings (SSSR count). The van der Waals surface area contributed by atoms with E-state index in [0.717, 1.165) is 31.6 Å². The lowest BCUT2D eigenvalue weighted by molar-refractivity contribution is -0.139. The molecule has 0 aromatic heterocycles. The second kappa shape index (κ2) is 7.88. The van der Waals surface area contributed by atoms with E-state index in [-0.39, 0.29) is 5.97 Å². The first-order valence-electron chi connectivity index (χ1n) is 6.57. The van der Waals surface area contributed by atoms with E-state index in [2.05, 4.69) is 24.8 Å². The number of rotatable bonds is 7. The van der Waals surface area contributed by atoms with Crippen LogP contribution in [0.15, 0.2) is 24.3 Å². The SMILES string of the molecule is CCCN(CC)Cc1ccccc1CC(=O)OC. The monoisotopic (exact) mass is 249 g/mol. The van der Waals surface area contributed by atoms with Gasteiger partial charge in [-0.15, -0.1) is 0 Å². The maximum absolute atomic E-state index is 11.4. The average Bonchev–Trinajstić information content (AvgIpc) is 2.40. The van der Waals surface area contributed by atoms with E-state index in [9.17, 15) is 4.79 Å². The van der Waals surface area contributed by atoms with Gasteiger partial charge in [0.25, 0.3) is 0 Å². The summed E-state index contributed by atoms with van der Waals surface area (Å²) < 4.78 is 4.74. The Hall–Kier alpha value is -1.35. The number of methoxy groups -OCH3 is 1. The van der Waals surface area contributed by atoms with Gasteiger partial charge in [0.2, 0.25) is 0 Å². The molecule has 0 radical (unpaired) electrons. The molecule has 0 fully saturated rings. The quantitative estimate of drug-likeness (QED) is 0.696. The number of ether oxygens (including phenoxy) is 1. The number of hydrogen-bond donors (Lipinski definition) is 0. The topological polar surface area (TPSA) is 29.5 Å². The second-order valence-electron chi connectivity index (χ2n) is 4.39. The molecular formula is C15H23NO2. The lowest BCUT2D eigenvalue weighted by Crippen LogP contribution is -2.24.